The number of thiophene rings is 1. The number of anilines is 1. The molecule has 1 aliphatic rings. The zero-order chi connectivity index (χ0) is 17.1. The van der Waals surface area contributed by atoms with Gasteiger partial charge in [0.05, 0.1) is 15.8 Å². The van der Waals surface area contributed by atoms with Crippen molar-refractivity contribution in [3.8, 4) is 5.88 Å². The molecule has 0 aromatic carbocycles. The van der Waals surface area contributed by atoms with Crippen LogP contribution in [0.1, 0.15) is 22.5 Å². The van der Waals surface area contributed by atoms with Gasteiger partial charge in [0.2, 0.25) is 0 Å². The first-order chi connectivity index (χ1) is 11.5. The van der Waals surface area contributed by atoms with Crippen molar-refractivity contribution in [3.05, 3.63) is 33.7 Å². The molecule has 0 radical (unpaired) electrons. The van der Waals surface area contributed by atoms with Gasteiger partial charge in [0.25, 0.3) is 11.8 Å². The van der Waals surface area contributed by atoms with Crippen LogP contribution in [0.2, 0.25) is 4.34 Å². The fourth-order valence-corrected chi connectivity index (χ4v) is 3.68. The highest BCUT2D eigenvalue weighted by molar-refractivity contribution is 7.17. The lowest BCUT2D eigenvalue weighted by Gasteiger charge is -2.32. The van der Waals surface area contributed by atoms with Crippen LogP contribution >= 0.6 is 22.9 Å². The van der Waals surface area contributed by atoms with Gasteiger partial charge in [-0.3, -0.25) is 4.79 Å². The molecule has 3 heterocycles. The Morgan fingerprint density at radius 2 is 2.17 bits per heavy atom. The van der Waals surface area contributed by atoms with Crippen molar-refractivity contribution in [2.24, 2.45) is 0 Å². The van der Waals surface area contributed by atoms with E-state index in [1.165, 1.54) is 11.3 Å². The third-order valence-corrected chi connectivity index (χ3v) is 5.02. The van der Waals surface area contributed by atoms with Crippen LogP contribution in [0.5, 0.6) is 5.88 Å². The van der Waals surface area contributed by atoms with Crippen LogP contribution in [-0.4, -0.2) is 54.1 Å². The van der Waals surface area contributed by atoms with Crippen molar-refractivity contribution in [2.75, 3.05) is 32.1 Å². The predicted octanol–water partition coefficient (Wildman–Crippen LogP) is 2.94. The smallest absolute Gasteiger partial charge is 0.264 e. The third-order valence-electron chi connectivity index (χ3n) is 3.80. The minimum Gasteiger partial charge on any atom is -0.470 e. The van der Waals surface area contributed by atoms with Gasteiger partial charge < -0.3 is 14.5 Å². The molecular formula is C16H19ClN4O2S. The van der Waals surface area contributed by atoms with Gasteiger partial charge in [-0.05, 0) is 25.0 Å². The van der Waals surface area contributed by atoms with Crippen LogP contribution in [0.25, 0.3) is 0 Å². The molecule has 1 aliphatic heterocycles. The molecule has 0 spiro atoms. The number of carbonyl (C=O) groups is 1. The fraction of sp³-hybridized carbons (Fsp3) is 0.438. The molecule has 1 saturated heterocycles. The van der Waals surface area contributed by atoms with Crippen LogP contribution in [0.4, 0.5) is 5.82 Å². The van der Waals surface area contributed by atoms with Gasteiger partial charge >= 0.3 is 0 Å². The van der Waals surface area contributed by atoms with Crippen LogP contribution in [-0.2, 0) is 0 Å². The third kappa shape index (κ3) is 3.79. The van der Waals surface area contributed by atoms with E-state index in [9.17, 15) is 4.79 Å². The Hall–Kier alpha value is -1.86. The molecule has 0 N–H and O–H groups in total. The lowest BCUT2D eigenvalue weighted by atomic mass is 10.1. The summed E-state index contributed by atoms with van der Waals surface area (Å²) in [6, 6.07) is 3.52. The van der Waals surface area contributed by atoms with E-state index in [1.54, 1.807) is 24.5 Å². The zero-order valence-corrected chi connectivity index (χ0v) is 15.2. The van der Waals surface area contributed by atoms with Crippen LogP contribution in [0, 0.1) is 0 Å². The van der Waals surface area contributed by atoms with Crippen molar-refractivity contribution < 1.29 is 9.53 Å². The summed E-state index contributed by atoms with van der Waals surface area (Å²) in [6.07, 6.45) is 4.95. The van der Waals surface area contributed by atoms with E-state index >= 15 is 0 Å². The normalized spacial score (nSPS) is 17.6. The number of likely N-dealkylation sites (tertiary alicyclic amines) is 1. The van der Waals surface area contributed by atoms with E-state index in [0.29, 0.717) is 27.5 Å². The van der Waals surface area contributed by atoms with Crippen molar-refractivity contribution in [1.29, 1.82) is 0 Å². The maximum Gasteiger partial charge on any atom is 0.264 e. The Kier molecular flexibility index (Phi) is 5.20. The number of halogens is 1. The fourth-order valence-electron chi connectivity index (χ4n) is 2.67. The van der Waals surface area contributed by atoms with E-state index < -0.39 is 0 Å². The highest BCUT2D eigenvalue weighted by Crippen LogP contribution is 2.26. The molecule has 1 amide bonds. The van der Waals surface area contributed by atoms with Gasteiger partial charge in [0, 0.05) is 33.0 Å². The number of rotatable bonds is 4. The van der Waals surface area contributed by atoms with Crippen molar-refractivity contribution in [1.82, 2.24) is 14.9 Å². The summed E-state index contributed by atoms with van der Waals surface area (Å²) in [5, 5.41) is 0. The van der Waals surface area contributed by atoms with Gasteiger partial charge in [-0.15, -0.1) is 11.3 Å². The Balaban J connectivity index is 1.69. The van der Waals surface area contributed by atoms with E-state index in [1.807, 2.05) is 23.9 Å². The summed E-state index contributed by atoms with van der Waals surface area (Å²) in [5.74, 6) is 1.19. The van der Waals surface area contributed by atoms with E-state index in [-0.39, 0.29) is 12.0 Å². The Morgan fingerprint density at radius 3 is 2.88 bits per heavy atom. The number of hydrogen-bond acceptors (Lipinski definition) is 6. The predicted molar refractivity (Wildman–Crippen MR) is 95.2 cm³/mol. The first-order valence-corrected chi connectivity index (χ1v) is 8.93. The SMILES string of the molecule is CN(C)c1nccnc1OC1CCCN(C(=O)c2ccc(Cl)s2)C1. The number of nitrogens with zero attached hydrogens (tertiary/aromatic N) is 4. The van der Waals surface area contributed by atoms with E-state index in [2.05, 4.69) is 9.97 Å². The van der Waals surface area contributed by atoms with Crippen LogP contribution < -0.4 is 9.64 Å². The van der Waals surface area contributed by atoms with Gasteiger partial charge in [-0.1, -0.05) is 11.6 Å². The first kappa shape index (κ1) is 17.0. The van der Waals surface area contributed by atoms with Crippen LogP contribution in [0.3, 0.4) is 0 Å². The Bertz CT molecular complexity index is 722. The molecule has 6 nitrogen and oxygen atoms in total. The number of aromatic nitrogens is 2. The molecule has 128 valence electrons. The quantitative estimate of drug-likeness (QED) is 0.832. The summed E-state index contributed by atoms with van der Waals surface area (Å²) >= 11 is 7.24. The molecule has 8 heteroatoms. The number of ether oxygens (including phenoxy) is 1. The maximum atomic E-state index is 12.6. The van der Waals surface area contributed by atoms with Gasteiger partial charge in [0.1, 0.15) is 6.10 Å². The molecule has 0 aliphatic carbocycles. The van der Waals surface area contributed by atoms with Crippen molar-refractivity contribution in [3.63, 3.8) is 0 Å². The second-order valence-corrected chi connectivity index (χ2v) is 7.53. The second-order valence-electron chi connectivity index (χ2n) is 5.82. The number of piperidine rings is 1. The Morgan fingerprint density at radius 1 is 1.38 bits per heavy atom. The molecule has 3 rings (SSSR count). The first-order valence-electron chi connectivity index (χ1n) is 7.74. The standard InChI is InChI=1S/C16H19ClN4O2S/c1-20(2)14-15(19-8-7-18-14)23-11-4-3-9-21(10-11)16(22)12-5-6-13(17)24-12/h5-8,11H,3-4,9-10H2,1-2H3. The number of amides is 1. The summed E-state index contributed by atoms with van der Waals surface area (Å²) in [5.41, 5.74) is 0. The van der Waals surface area contributed by atoms with Gasteiger partial charge in [-0.2, -0.15) is 0 Å². The largest absolute Gasteiger partial charge is 0.470 e. The number of carbonyl (C=O) groups excluding carboxylic acids is 1. The average Bonchev–Trinajstić information content (AvgIpc) is 3.01. The van der Waals surface area contributed by atoms with Crippen molar-refractivity contribution in [2.45, 2.75) is 18.9 Å². The second kappa shape index (κ2) is 7.36. The molecule has 0 bridgehead atoms. The topological polar surface area (TPSA) is 58.6 Å². The minimum atomic E-state index is -0.0893. The highest BCUT2D eigenvalue weighted by Gasteiger charge is 2.27. The van der Waals surface area contributed by atoms with E-state index in [0.717, 1.165) is 19.4 Å². The van der Waals surface area contributed by atoms with Gasteiger partial charge in [0.15, 0.2) is 5.82 Å². The van der Waals surface area contributed by atoms with Crippen LogP contribution in [0.15, 0.2) is 24.5 Å². The summed E-state index contributed by atoms with van der Waals surface area (Å²) in [7, 11) is 3.79. The molecule has 1 fully saturated rings. The lowest BCUT2D eigenvalue weighted by Crippen LogP contribution is -2.44. The number of hydrogen-bond donors (Lipinski definition) is 0. The van der Waals surface area contributed by atoms with Gasteiger partial charge in [-0.25, -0.2) is 9.97 Å². The molecular weight excluding hydrogens is 348 g/mol. The van der Waals surface area contributed by atoms with Crippen molar-refractivity contribution >= 4 is 34.7 Å². The molecule has 24 heavy (non-hydrogen) atoms. The minimum absolute atomic E-state index is 0.00665. The summed E-state index contributed by atoms with van der Waals surface area (Å²) in [4.78, 5) is 25.5. The average molecular weight is 367 g/mol. The zero-order valence-electron chi connectivity index (χ0n) is 13.6. The molecule has 2 aromatic heterocycles. The molecule has 2 aromatic rings. The molecule has 0 saturated carbocycles. The highest BCUT2D eigenvalue weighted by atomic mass is 35.5. The monoisotopic (exact) mass is 366 g/mol. The van der Waals surface area contributed by atoms with E-state index in [4.69, 9.17) is 16.3 Å². The molecule has 1 atom stereocenters. The summed E-state index contributed by atoms with van der Waals surface area (Å²) < 4.78 is 6.66. The molecule has 1 unspecified atom stereocenters. The summed E-state index contributed by atoms with van der Waals surface area (Å²) in [6.45, 7) is 1.27. The Labute approximate surface area is 150 Å². The maximum absolute atomic E-state index is 12.6. The lowest BCUT2D eigenvalue weighted by molar-refractivity contribution is 0.0532.